The fourth-order valence-corrected chi connectivity index (χ4v) is 2.21. The molecule has 6 heteroatoms. The van der Waals surface area contributed by atoms with Crippen molar-refractivity contribution in [3.8, 4) is 0 Å². The second kappa shape index (κ2) is 4.12. The predicted octanol–water partition coefficient (Wildman–Crippen LogP) is 0.247. The Labute approximate surface area is 83.5 Å². The van der Waals surface area contributed by atoms with Crippen molar-refractivity contribution in [3.63, 3.8) is 0 Å². The zero-order valence-corrected chi connectivity index (χ0v) is 8.99. The number of hydrogen-bond donors (Lipinski definition) is 1. The molecule has 0 amide bonds. The molecule has 2 N–H and O–H groups in total. The van der Waals surface area contributed by atoms with Crippen LogP contribution in [0.1, 0.15) is 6.92 Å². The van der Waals surface area contributed by atoms with Gasteiger partial charge < -0.3 is 10.2 Å². The van der Waals surface area contributed by atoms with Crippen molar-refractivity contribution < 1.29 is 12.8 Å². The fourth-order valence-electron chi connectivity index (χ4n) is 0.938. The smallest absolute Gasteiger partial charge is 0.276 e. The van der Waals surface area contributed by atoms with Gasteiger partial charge in [0.05, 0.1) is 6.26 Å². The number of likely N-dealkylation sites (N-methyl/N-ethyl adjacent to an activating group) is 1. The molecule has 0 fully saturated rings. The van der Waals surface area contributed by atoms with Crippen molar-refractivity contribution >= 4 is 10.0 Å². The lowest BCUT2D eigenvalue weighted by Gasteiger charge is -2.21. The van der Waals surface area contributed by atoms with E-state index in [1.807, 2.05) is 0 Å². The highest BCUT2D eigenvalue weighted by molar-refractivity contribution is 7.89. The van der Waals surface area contributed by atoms with Crippen LogP contribution in [0.25, 0.3) is 0 Å². The molecule has 1 rings (SSSR count). The van der Waals surface area contributed by atoms with Gasteiger partial charge in [-0.15, -0.1) is 0 Å². The highest BCUT2D eigenvalue weighted by atomic mass is 32.2. The van der Waals surface area contributed by atoms with Crippen molar-refractivity contribution in [1.29, 1.82) is 0 Å². The Morgan fingerprint density at radius 2 is 2.29 bits per heavy atom. The molecule has 1 heterocycles. The van der Waals surface area contributed by atoms with Gasteiger partial charge in [0.2, 0.25) is 5.09 Å². The average Bonchev–Trinajstić information content (AvgIpc) is 2.68. The molecule has 0 aromatic carbocycles. The summed E-state index contributed by atoms with van der Waals surface area (Å²) >= 11 is 0. The molecule has 1 aromatic heterocycles. The Bertz CT molecular complexity index is 371. The van der Waals surface area contributed by atoms with E-state index in [1.165, 1.54) is 29.7 Å². The largest absolute Gasteiger partial charge is 0.452 e. The third kappa shape index (κ3) is 1.97. The van der Waals surface area contributed by atoms with Crippen molar-refractivity contribution in [1.82, 2.24) is 4.31 Å². The van der Waals surface area contributed by atoms with E-state index in [4.69, 9.17) is 10.2 Å². The SMILES string of the molecule is CC(CN)N(C)S(=O)(=O)c1ccco1. The highest BCUT2D eigenvalue weighted by Crippen LogP contribution is 2.15. The first-order chi connectivity index (χ1) is 6.50. The quantitative estimate of drug-likeness (QED) is 0.785. The lowest BCUT2D eigenvalue weighted by atomic mass is 10.4. The molecular weight excluding hydrogens is 204 g/mol. The van der Waals surface area contributed by atoms with Crippen LogP contribution in [-0.2, 0) is 10.0 Å². The summed E-state index contributed by atoms with van der Waals surface area (Å²) < 4.78 is 29.6. The third-order valence-corrected chi connectivity index (χ3v) is 3.95. The molecule has 0 saturated heterocycles. The summed E-state index contributed by atoms with van der Waals surface area (Å²) in [6.07, 6.45) is 1.33. The fraction of sp³-hybridized carbons (Fsp3) is 0.500. The number of nitrogens with zero attached hydrogens (tertiary/aromatic N) is 1. The minimum Gasteiger partial charge on any atom is -0.452 e. The first kappa shape index (κ1) is 11.2. The van der Waals surface area contributed by atoms with Crippen LogP contribution < -0.4 is 5.73 Å². The molecule has 0 radical (unpaired) electrons. The Kier molecular flexibility index (Phi) is 3.30. The Morgan fingerprint density at radius 1 is 1.64 bits per heavy atom. The summed E-state index contributed by atoms with van der Waals surface area (Å²) in [5.74, 6) is 0. The minimum absolute atomic E-state index is 0.0553. The molecule has 1 unspecified atom stereocenters. The van der Waals surface area contributed by atoms with E-state index in [0.717, 1.165) is 0 Å². The van der Waals surface area contributed by atoms with E-state index in [2.05, 4.69) is 0 Å². The zero-order valence-electron chi connectivity index (χ0n) is 8.17. The van der Waals surface area contributed by atoms with E-state index < -0.39 is 10.0 Å². The maximum atomic E-state index is 11.8. The number of furan rings is 1. The number of nitrogens with two attached hydrogens (primary N) is 1. The van der Waals surface area contributed by atoms with Crippen LogP contribution >= 0.6 is 0 Å². The van der Waals surface area contributed by atoms with E-state index >= 15 is 0 Å². The normalized spacial score (nSPS) is 14.6. The van der Waals surface area contributed by atoms with Crippen LogP contribution in [-0.4, -0.2) is 32.4 Å². The van der Waals surface area contributed by atoms with Crippen molar-refractivity contribution in [3.05, 3.63) is 18.4 Å². The molecule has 80 valence electrons. The van der Waals surface area contributed by atoms with Crippen LogP contribution in [0.15, 0.2) is 27.9 Å². The van der Waals surface area contributed by atoms with Gasteiger partial charge in [0, 0.05) is 19.6 Å². The number of sulfonamides is 1. The number of hydrogen-bond acceptors (Lipinski definition) is 4. The molecule has 1 aromatic rings. The van der Waals surface area contributed by atoms with Crippen LogP contribution in [0, 0.1) is 0 Å². The molecule has 0 aliphatic heterocycles. The number of rotatable bonds is 4. The molecule has 1 atom stereocenters. The Balaban J connectivity index is 2.97. The second-order valence-corrected chi connectivity index (χ2v) is 4.97. The maximum Gasteiger partial charge on any atom is 0.276 e. The van der Waals surface area contributed by atoms with Crippen LogP contribution in [0.5, 0.6) is 0 Å². The lowest BCUT2D eigenvalue weighted by molar-refractivity contribution is 0.368. The van der Waals surface area contributed by atoms with Gasteiger partial charge in [0.1, 0.15) is 0 Å². The second-order valence-electron chi connectivity index (χ2n) is 3.04. The van der Waals surface area contributed by atoms with E-state index in [-0.39, 0.29) is 17.7 Å². The summed E-state index contributed by atoms with van der Waals surface area (Å²) in [4.78, 5) is 0. The monoisotopic (exact) mass is 218 g/mol. The average molecular weight is 218 g/mol. The topological polar surface area (TPSA) is 76.5 Å². The first-order valence-electron chi connectivity index (χ1n) is 4.21. The van der Waals surface area contributed by atoms with Crippen LogP contribution in [0.4, 0.5) is 0 Å². The van der Waals surface area contributed by atoms with E-state index in [0.29, 0.717) is 0 Å². The highest BCUT2D eigenvalue weighted by Gasteiger charge is 2.26. The van der Waals surface area contributed by atoms with Crippen LogP contribution in [0.3, 0.4) is 0 Å². The van der Waals surface area contributed by atoms with Crippen molar-refractivity contribution in [2.45, 2.75) is 18.1 Å². The van der Waals surface area contributed by atoms with Gasteiger partial charge in [-0.25, -0.2) is 8.42 Å². The van der Waals surface area contributed by atoms with E-state index in [1.54, 1.807) is 6.92 Å². The lowest BCUT2D eigenvalue weighted by Crippen LogP contribution is -2.39. The molecule has 5 nitrogen and oxygen atoms in total. The standard InChI is InChI=1S/C8H14N2O3S/c1-7(6-9)10(2)14(11,12)8-4-3-5-13-8/h3-5,7H,6,9H2,1-2H3. The minimum atomic E-state index is -3.52. The molecule has 0 bridgehead atoms. The molecule has 0 aliphatic rings. The van der Waals surface area contributed by atoms with Gasteiger partial charge >= 0.3 is 0 Å². The summed E-state index contributed by atoms with van der Waals surface area (Å²) in [5.41, 5.74) is 5.39. The van der Waals surface area contributed by atoms with Gasteiger partial charge in [-0.3, -0.25) is 0 Å². The molecule has 0 spiro atoms. The molecule has 0 saturated carbocycles. The van der Waals surface area contributed by atoms with Gasteiger partial charge in [-0.1, -0.05) is 0 Å². The first-order valence-corrected chi connectivity index (χ1v) is 5.65. The van der Waals surface area contributed by atoms with Crippen LogP contribution in [0.2, 0.25) is 0 Å². The molecule has 0 aliphatic carbocycles. The molecule has 14 heavy (non-hydrogen) atoms. The Hall–Kier alpha value is -0.850. The summed E-state index contributed by atoms with van der Waals surface area (Å²) in [5, 5.41) is -0.0553. The zero-order chi connectivity index (χ0) is 10.8. The van der Waals surface area contributed by atoms with Gasteiger partial charge in [0.25, 0.3) is 10.0 Å². The third-order valence-electron chi connectivity index (χ3n) is 2.09. The van der Waals surface area contributed by atoms with Gasteiger partial charge in [0.15, 0.2) is 0 Å². The Morgan fingerprint density at radius 3 is 2.71 bits per heavy atom. The summed E-state index contributed by atoms with van der Waals surface area (Å²) in [6.45, 7) is 2.01. The molecular formula is C8H14N2O3S. The van der Waals surface area contributed by atoms with Gasteiger partial charge in [-0.2, -0.15) is 4.31 Å². The predicted molar refractivity (Wildman–Crippen MR) is 52.2 cm³/mol. The van der Waals surface area contributed by atoms with Gasteiger partial charge in [-0.05, 0) is 19.1 Å². The maximum absolute atomic E-state index is 11.8. The van der Waals surface area contributed by atoms with Crippen molar-refractivity contribution in [2.75, 3.05) is 13.6 Å². The van der Waals surface area contributed by atoms with Crippen molar-refractivity contribution in [2.24, 2.45) is 5.73 Å². The summed E-state index contributed by atoms with van der Waals surface area (Å²) in [6, 6.07) is 2.70. The van der Waals surface area contributed by atoms with E-state index in [9.17, 15) is 8.42 Å². The summed E-state index contributed by atoms with van der Waals surface area (Å²) in [7, 11) is -2.04.